The van der Waals surface area contributed by atoms with Crippen molar-refractivity contribution in [2.45, 2.75) is 19.6 Å². The van der Waals surface area contributed by atoms with Crippen LogP contribution in [0.25, 0.3) is 11.0 Å². The molecular formula is C17H15Cl2N3O2. The molecule has 0 aliphatic rings. The van der Waals surface area contributed by atoms with Crippen molar-refractivity contribution in [3.63, 3.8) is 0 Å². The molecule has 3 rings (SSSR count). The number of rotatable bonds is 5. The molecule has 1 atom stereocenters. The molecule has 1 unspecified atom stereocenters. The predicted molar refractivity (Wildman–Crippen MR) is 94.5 cm³/mol. The first kappa shape index (κ1) is 16.6. The van der Waals surface area contributed by atoms with Gasteiger partial charge in [0.15, 0.2) is 6.10 Å². The highest BCUT2D eigenvalue weighted by atomic mass is 35.5. The summed E-state index contributed by atoms with van der Waals surface area (Å²) >= 11 is 11.9. The summed E-state index contributed by atoms with van der Waals surface area (Å²) in [6, 6.07) is 12.5. The van der Waals surface area contributed by atoms with E-state index < -0.39 is 6.10 Å². The lowest BCUT2D eigenvalue weighted by Crippen LogP contribution is -2.36. The number of aromatic amines is 1. The highest BCUT2D eigenvalue weighted by Gasteiger charge is 2.16. The number of carbonyl (C=O) groups excluding carboxylic acids is 1. The minimum atomic E-state index is -0.701. The second kappa shape index (κ2) is 7.11. The molecule has 0 radical (unpaired) electrons. The fourth-order valence-electron chi connectivity index (χ4n) is 2.22. The van der Waals surface area contributed by atoms with Gasteiger partial charge in [-0.15, -0.1) is 0 Å². The van der Waals surface area contributed by atoms with Gasteiger partial charge in [-0.05, 0) is 37.3 Å². The molecule has 0 spiro atoms. The van der Waals surface area contributed by atoms with Crippen LogP contribution >= 0.6 is 23.2 Å². The Morgan fingerprint density at radius 1 is 1.29 bits per heavy atom. The number of aromatic nitrogens is 2. The number of halogens is 2. The van der Waals surface area contributed by atoms with E-state index in [9.17, 15) is 4.79 Å². The fraction of sp³-hybridized carbons (Fsp3) is 0.176. The summed E-state index contributed by atoms with van der Waals surface area (Å²) in [7, 11) is 0. The summed E-state index contributed by atoms with van der Waals surface area (Å²) in [5, 5.41) is 3.65. The van der Waals surface area contributed by atoms with Crippen molar-refractivity contribution >= 4 is 40.1 Å². The molecule has 0 saturated heterocycles. The van der Waals surface area contributed by atoms with Gasteiger partial charge in [-0.1, -0.05) is 35.3 Å². The maximum Gasteiger partial charge on any atom is 0.261 e. The molecule has 3 aromatic rings. The number of fused-ring (bicyclic) bond motifs is 1. The molecule has 2 N–H and O–H groups in total. The van der Waals surface area contributed by atoms with E-state index in [0.717, 1.165) is 11.0 Å². The monoisotopic (exact) mass is 363 g/mol. The maximum absolute atomic E-state index is 12.2. The minimum Gasteiger partial charge on any atom is -0.479 e. The number of para-hydroxylation sites is 2. The topological polar surface area (TPSA) is 67.0 Å². The van der Waals surface area contributed by atoms with Crippen LogP contribution in [0.4, 0.5) is 0 Å². The number of benzene rings is 2. The Labute approximate surface area is 148 Å². The molecule has 0 aliphatic heterocycles. The van der Waals surface area contributed by atoms with Crippen molar-refractivity contribution in [1.82, 2.24) is 15.3 Å². The first-order valence-corrected chi connectivity index (χ1v) is 8.11. The van der Waals surface area contributed by atoms with Gasteiger partial charge < -0.3 is 15.0 Å². The summed E-state index contributed by atoms with van der Waals surface area (Å²) in [4.78, 5) is 19.7. The smallest absolute Gasteiger partial charge is 0.261 e. The zero-order valence-electron chi connectivity index (χ0n) is 12.8. The van der Waals surface area contributed by atoms with Gasteiger partial charge in [-0.25, -0.2) is 4.98 Å². The average molecular weight is 364 g/mol. The summed E-state index contributed by atoms with van der Waals surface area (Å²) in [6.45, 7) is 1.94. The first-order chi connectivity index (χ1) is 11.5. The van der Waals surface area contributed by atoms with Gasteiger partial charge in [-0.3, -0.25) is 4.79 Å². The molecule has 5 nitrogen and oxygen atoms in total. The fourth-order valence-corrected chi connectivity index (χ4v) is 2.67. The Kier molecular flexibility index (Phi) is 4.92. The third kappa shape index (κ3) is 3.80. The third-order valence-corrected chi connectivity index (χ3v) is 3.97. The van der Waals surface area contributed by atoms with E-state index >= 15 is 0 Å². The molecule has 24 heavy (non-hydrogen) atoms. The van der Waals surface area contributed by atoms with E-state index in [1.54, 1.807) is 25.1 Å². The van der Waals surface area contributed by atoms with E-state index in [4.69, 9.17) is 27.9 Å². The Hall–Kier alpha value is -2.24. The Morgan fingerprint density at radius 3 is 2.83 bits per heavy atom. The van der Waals surface area contributed by atoms with Crippen LogP contribution in [0.15, 0.2) is 42.5 Å². The van der Waals surface area contributed by atoms with Crippen LogP contribution in [-0.2, 0) is 11.3 Å². The number of hydrogen-bond acceptors (Lipinski definition) is 3. The second-order valence-corrected chi connectivity index (χ2v) is 6.10. The Morgan fingerprint density at radius 2 is 2.08 bits per heavy atom. The Balaban J connectivity index is 1.59. The molecule has 0 fully saturated rings. The summed E-state index contributed by atoms with van der Waals surface area (Å²) in [5.41, 5.74) is 1.79. The average Bonchev–Trinajstić information content (AvgIpc) is 2.98. The molecule has 0 bridgehead atoms. The van der Waals surface area contributed by atoms with Gasteiger partial charge in [-0.2, -0.15) is 0 Å². The molecular weight excluding hydrogens is 349 g/mol. The molecule has 1 amide bonds. The number of nitrogens with zero attached hydrogens (tertiary/aromatic N) is 1. The largest absolute Gasteiger partial charge is 0.479 e. The van der Waals surface area contributed by atoms with Crippen LogP contribution in [0, 0.1) is 0 Å². The van der Waals surface area contributed by atoms with Crippen molar-refractivity contribution in [3.05, 3.63) is 58.3 Å². The van der Waals surface area contributed by atoms with Crippen LogP contribution in [-0.4, -0.2) is 22.0 Å². The van der Waals surface area contributed by atoms with Crippen molar-refractivity contribution in [2.75, 3.05) is 0 Å². The van der Waals surface area contributed by atoms with Crippen molar-refractivity contribution < 1.29 is 9.53 Å². The number of hydrogen-bond donors (Lipinski definition) is 2. The van der Waals surface area contributed by atoms with Gasteiger partial charge >= 0.3 is 0 Å². The van der Waals surface area contributed by atoms with E-state index in [0.29, 0.717) is 21.6 Å². The minimum absolute atomic E-state index is 0.263. The first-order valence-electron chi connectivity index (χ1n) is 7.36. The second-order valence-electron chi connectivity index (χ2n) is 5.25. The SMILES string of the molecule is CC(Oc1ccc(Cl)cc1Cl)C(=O)NCc1nc2ccccc2[nH]1. The summed E-state index contributed by atoms with van der Waals surface area (Å²) in [5.74, 6) is 0.829. The van der Waals surface area contributed by atoms with E-state index in [1.165, 1.54) is 0 Å². The number of nitrogens with one attached hydrogen (secondary N) is 2. The molecule has 0 aliphatic carbocycles. The van der Waals surface area contributed by atoms with Crippen molar-refractivity contribution in [1.29, 1.82) is 0 Å². The Bertz CT molecular complexity index is 846. The third-order valence-electron chi connectivity index (χ3n) is 3.44. The van der Waals surface area contributed by atoms with E-state index in [2.05, 4.69) is 15.3 Å². The quantitative estimate of drug-likeness (QED) is 0.720. The van der Waals surface area contributed by atoms with Crippen molar-refractivity contribution in [3.8, 4) is 5.75 Å². The number of H-pyrrole nitrogens is 1. The molecule has 2 aromatic carbocycles. The molecule has 1 heterocycles. The lowest BCUT2D eigenvalue weighted by atomic mass is 10.3. The molecule has 124 valence electrons. The predicted octanol–water partition coefficient (Wildman–Crippen LogP) is 3.95. The normalized spacial score (nSPS) is 12.1. The lowest BCUT2D eigenvalue weighted by Gasteiger charge is -2.15. The standard InChI is InChI=1S/C17H15Cl2N3O2/c1-10(24-15-7-6-11(18)8-12(15)19)17(23)20-9-16-21-13-4-2-3-5-14(13)22-16/h2-8,10H,9H2,1H3,(H,20,23)(H,21,22). The highest BCUT2D eigenvalue weighted by Crippen LogP contribution is 2.28. The lowest BCUT2D eigenvalue weighted by molar-refractivity contribution is -0.127. The van der Waals surface area contributed by atoms with Gasteiger partial charge in [0, 0.05) is 5.02 Å². The summed E-state index contributed by atoms with van der Waals surface area (Å²) in [6.07, 6.45) is -0.701. The summed E-state index contributed by atoms with van der Waals surface area (Å²) < 4.78 is 5.58. The van der Waals surface area contributed by atoms with Crippen LogP contribution < -0.4 is 10.1 Å². The van der Waals surface area contributed by atoms with Crippen LogP contribution in [0.3, 0.4) is 0 Å². The maximum atomic E-state index is 12.2. The highest BCUT2D eigenvalue weighted by molar-refractivity contribution is 6.35. The zero-order valence-corrected chi connectivity index (χ0v) is 14.4. The van der Waals surface area contributed by atoms with Gasteiger partial charge in [0.25, 0.3) is 5.91 Å². The number of imidazole rings is 1. The van der Waals surface area contributed by atoms with E-state index in [-0.39, 0.29) is 12.5 Å². The van der Waals surface area contributed by atoms with Gasteiger partial charge in [0.2, 0.25) is 0 Å². The number of carbonyl (C=O) groups is 1. The van der Waals surface area contributed by atoms with E-state index in [1.807, 2.05) is 24.3 Å². The molecule has 1 aromatic heterocycles. The molecule has 7 heteroatoms. The number of ether oxygens (including phenoxy) is 1. The zero-order chi connectivity index (χ0) is 17.1. The van der Waals surface area contributed by atoms with Gasteiger partial charge in [0.05, 0.1) is 22.6 Å². The molecule has 0 saturated carbocycles. The van der Waals surface area contributed by atoms with Crippen LogP contribution in [0.5, 0.6) is 5.75 Å². The van der Waals surface area contributed by atoms with Crippen LogP contribution in [0.2, 0.25) is 10.0 Å². The number of amides is 1. The van der Waals surface area contributed by atoms with Crippen LogP contribution in [0.1, 0.15) is 12.7 Å². The van der Waals surface area contributed by atoms with Gasteiger partial charge in [0.1, 0.15) is 11.6 Å². The van der Waals surface area contributed by atoms with Crippen molar-refractivity contribution in [2.24, 2.45) is 0 Å².